The molecule has 0 bridgehead atoms. The first-order valence-corrected chi connectivity index (χ1v) is 6.67. The van der Waals surface area contributed by atoms with Crippen LogP contribution in [0.2, 0.25) is 5.02 Å². The summed E-state index contributed by atoms with van der Waals surface area (Å²) >= 11 is 6.03. The fourth-order valence-corrected chi connectivity index (χ4v) is 2.09. The van der Waals surface area contributed by atoms with Crippen LogP contribution in [0.5, 0.6) is 11.5 Å². The summed E-state index contributed by atoms with van der Waals surface area (Å²) in [5, 5.41) is 30.2. The standard InChI is InChI=1S/C13H16ClNO6/c14-9-3-8(4-10-11(9)21-2-1-20-10)12(19)15-13(5-16,6-17)7-18/h3-4,16-18H,1-2,5-7H2,(H,15,19). The Morgan fingerprint density at radius 2 is 1.81 bits per heavy atom. The van der Waals surface area contributed by atoms with Crippen molar-refractivity contribution in [2.24, 2.45) is 0 Å². The molecule has 1 aromatic carbocycles. The highest BCUT2D eigenvalue weighted by Crippen LogP contribution is 2.38. The zero-order chi connectivity index (χ0) is 15.5. The predicted octanol–water partition coefficient (Wildman–Crippen LogP) is -0.443. The molecule has 0 saturated heterocycles. The van der Waals surface area contributed by atoms with Crippen molar-refractivity contribution in [1.82, 2.24) is 5.32 Å². The third kappa shape index (κ3) is 3.21. The maximum Gasteiger partial charge on any atom is 0.252 e. The Kier molecular flexibility index (Phi) is 4.89. The Hall–Kier alpha value is -1.54. The molecular formula is C13H16ClNO6. The van der Waals surface area contributed by atoms with E-state index in [1.807, 2.05) is 0 Å². The van der Waals surface area contributed by atoms with Crippen LogP contribution in [-0.4, -0.2) is 59.8 Å². The number of hydrogen-bond acceptors (Lipinski definition) is 6. The quantitative estimate of drug-likeness (QED) is 0.586. The molecular weight excluding hydrogens is 302 g/mol. The third-order valence-corrected chi connectivity index (χ3v) is 3.43. The van der Waals surface area contributed by atoms with Gasteiger partial charge in [-0.15, -0.1) is 0 Å². The molecule has 0 atom stereocenters. The number of benzene rings is 1. The lowest BCUT2D eigenvalue weighted by Gasteiger charge is -2.29. The van der Waals surface area contributed by atoms with Crippen LogP contribution in [0.15, 0.2) is 12.1 Å². The van der Waals surface area contributed by atoms with E-state index in [1.165, 1.54) is 12.1 Å². The van der Waals surface area contributed by atoms with Crippen molar-refractivity contribution in [1.29, 1.82) is 0 Å². The number of nitrogens with one attached hydrogen (secondary N) is 1. The molecule has 7 nitrogen and oxygen atoms in total. The molecule has 0 aliphatic carbocycles. The van der Waals surface area contributed by atoms with Crippen molar-refractivity contribution in [3.63, 3.8) is 0 Å². The first-order chi connectivity index (χ1) is 10.0. The molecule has 0 unspecified atom stereocenters. The van der Waals surface area contributed by atoms with Crippen molar-refractivity contribution in [2.45, 2.75) is 5.54 Å². The van der Waals surface area contributed by atoms with Crippen LogP contribution >= 0.6 is 11.6 Å². The predicted molar refractivity (Wildman–Crippen MR) is 73.9 cm³/mol. The summed E-state index contributed by atoms with van der Waals surface area (Å²) in [5.41, 5.74) is -1.33. The van der Waals surface area contributed by atoms with Crippen molar-refractivity contribution in [2.75, 3.05) is 33.0 Å². The lowest BCUT2D eigenvalue weighted by atomic mass is 10.0. The minimum Gasteiger partial charge on any atom is -0.486 e. The van der Waals surface area contributed by atoms with Gasteiger partial charge in [0.2, 0.25) is 0 Å². The fraction of sp³-hybridized carbons (Fsp3) is 0.462. The molecule has 4 N–H and O–H groups in total. The summed E-state index contributed by atoms with van der Waals surface area (Å²) in [6, 6.07) is 2.84. The fourth-order valence-electron chi connectivity index (χ4n) is 1.82. The number of fused-ring (bicyclic) bond motifs is 1. The molecule has 8 heteroatoms. The molecule has 21 heavy (non-hydrogen) atoms. The second kappa shape index (κ2) is 6.48. The monoisotopic (exact) mass is 317 g/mol. The SMILES string of the molecule is O=C(NC(CO)(CO)CO)c1cc(Cl)c2c(c1)OCCO2. The number of rotatable bonds is 5. The van der Waals surface area contributed by atoms with E-state index >= 15 is 0 Å². The van der Waals surface area contributed by atoms with Gasteiger partial charge in [-0.3, -0.25) is 4.79 Å². The van der Waals surface area contributed by atoms with Crippen LogP contribution in [0.25, 0.3) is 0 Å². The normalized spacial score (nSPS) is 13.9. The van der Waals surface area contributed by atoms with Gasteiger partial charge in [-0.2, -0.15) is 0 Å². The number of carbonyl (C=O) groups excluding carboxylic acids is 1. The van der Waals surface area contributed by atoms with E-state index in [2.05, 4.69) is 5.32 Å². The highest BCUT2D eigenvalue weighted by atomic mass is 35.5. The van der Waals surface area contributed by atoms with E-state index in [1.54, 1.807) is 0 Å². The maximum absolute atomic E-state index is 12.2. The van der Waals surface area contributed by atoms with Crippen molar-refractivity contribution in [3.8, 4) is 11.5 Å². The minimum absolute atomic E-state index is 0.170. The van der Waals surface area contributed by atoms with Crippen LogP contribution in [0.3, 0.4) is 0 Å². The summed E-state index contributed by atoms with van der Waals surface area (Å²) < 4.78 is 10.7. The lowest BCUT2D eigenvalue weighted by Crippen LogP contribution is -2.57. The molecule has 0 aromatic heterocycles. The van der Waals surface area contributed by atoms with E-state index in [9.17, 15) is 20.1 Å². The molecule has 1 heterocycles. The smallest absolute Gasteiger partial charge is 0.252 e. The number of hydrogen-bond donors (Lipinski definition) is 4. The van der Waals surface area contributed by atoms with Gasteiger partial charge in [-0.05, 0) is 12.1 Å². The average molecular weight is 318 g/mol. The summed E-state index contributed by atoms with van der Waals surface area (Å²) in [5.74, 6) is 0.115. The highest BCUT2D eigenvalue weighted by Gasteiger charge is 2.31. The first-order valence-electron chi connectivity index (χ1n) is 6.29. The molecule has 116 valence electrons. The van der Waals surface area contributed by atoms with Gasteiger partial charge in [0.25, 0.3) is 5.91 Å². The van der Waals surface area contributed by atoms with Gasteiger partial charge in [0.15, 0.2) is 11.5 Å². The van der Waals surface area contributed by atoms with Gasteiger partial charge < -0.3 is 30.1 Å². The van der Waals surface area contributed by atoms with Crippen LogP contribution < -0.4 is 14.8 Å². The largest absolute Gasteiger partial charge is 0.486 e. The zero-order valence-corrected chi connectivity index (χ0v) is 11.9. The number of aliphatic hydroxyl groups excluding tert-OH is 3. The van der Waals surface area contributed by atoms with E-state index in [-0.39, 0.29) is 10.6 Å². The highest BCUT2D eigenvalue weighted by molar-refractivity contribution is 6.32. The molecule has 0 radical (unpaired) electrons. The molecule has 0 fully saturated rings. The topological polar surface area (TPSA) is 108 Å². The Morgan fingerprint density at radius 1 is 1.19 bits per heavy atom. The number of halogens is 1. The van der Waals surface area contributed by atoms with Gasteiger partial charge in [-0.25, -0.2) is 0 Å². The van der Waals surface area contributed by atoms with E-state index in [0.717, 1.165) is 0 Å². The second-order valence-electron chi connectivity index (χ2n) is 4.69. The minimum atomic E-state index is -1.50. The number of ether oxygens (including phenoxy) is 2. The molecule has 1 aliphatic heterocycles. The van der Waals surface area contributed by atoms with E-state index < -0.39 is 31.3 Å². The molecule has 2 rings (SSSR count). The van der Waals surface area contributed by atoms with Gasteiger partial charge >= 0.3 is 0 Å². The number of carbonyl (C=O) groups is 1. The first kappa shape index (κ1) is 15.8. The van der Waals surface area contributed by atoms with Crippen molar-refractivity contribution >= 4 is 17.5 Å². The van der Waals surface area contributed by atoms with Crippen molar-refractivity contribution in [3.05, 3.63) is 22.7 Å². The van der Waals surface area contributed by atoms with E-state index in [0.29, 0.717) is 24.7 Å². The number of amides is 1. The Morgan fingerprint density at radius 3 is 2.43 bits per heavy atom. The third-order valence-electron chi connectivity index (χ3n) is 3.15. The summed E-state index contributed by atoms with van der Waals surface area (Å²) in [6.07, 6.45) is 0. The summed E-state index contributed by atoms with van der Waals surface area (Å²) in [6.45, 7) is -1.10. The Labute approximate surface area is 126 Å². The van der Waals surface area contributed by atoms with Crippen LogP contribution in [0.4, 0.5) is 0 Å². The molecule has 1 aliphatic rings. The van der Waals surface area contributed by atoms with Gasteiger partial charge in [-0.1, -0.05) is 11.6 Å². The lowest BCUT2D eigenvalue weighted by molar-refractivity contribution is 0.0375. The van der Waals surface area contributed by atoms with Gasteiger partial charge in [0, 0.05) is 5.56 Å². The molecule has 0 saturated carbocycles. The Balaban J connectivity index is 2.25. The zero-order valence-electron chi connectivity index (χ0n) is 11.1. The van der Waals surface area contributed by atoms with Crippen LogP contribution in [0.1, 0.15) is 10.4 Å². The molecule has 0 spiro atoms. The van der Waals surface area contributed by atoms with E-state index in [4.69, 9.17) is 21.1 Å². The molecule has 1 aromatic rings. The summed E-state index contributed by atoms with van der Waals surface area (Å²) in [7, 11) is 0. The van der Waals surface area contributed by atoms with Crippen LogP contribution in [-0.2, 0) is 0 Å². The Bertz CT molecular complexity index is 523. The second-order valence-corrected chi connectivity index (χ2v) is 5.10. The van der Waals surface area contributed by atoms with Crippen molar-refractivity contribution < 1.29 is 29.6 Å². The van der Waals surface area contributed by atoms with Gasteiger partial charge in [0.1, 0.15) is 18.8 Å². The summed E-state index contributed by atoms with van der Waals surface area (Å²) in [4.78, 5) is 12.2. The van der Waals surface area contributed by atoms with Gasteiger partial charge in [0.05, 0.1) is 24.8 Å². The number of aliphatic hydroxyl groups is 3. The maximum atomic E-state index is 12.2. The average Bonchev–Trinajstić information content (AvgIpc) is 2.52. The molecule has 1 amide bonds. The van der Waals surface area contributed by atoms with Crippen LogP contribution in [0, 0.1) is 0 Å².